The topological polar surface area (TPSA) is 23.0 Å². The van der Waals surface area contributed by atoms with E-state index in [0.717, 1.165) is 44.4 Å². The molecule has 0 aliphatic carbocycles. The van der Waals surface area contributed by atoms with Crippen molar-refractivity contribution < 1.29 is 4.42 Å². The smallest absolute Gasteiger partial charge is 0.143 e. The van der Waals surface area contributed by atoms with Crippen LogP contribution in [0.25, 0.3) is 88.1 Å². The monoisotopic (exact) mass is 574 g/mol. The van der Waals surface area contributed by atoms with Gasteiger partial charge in [0.2, 0.25) is 0 Å². The van der Waals surface area contributed by atoms with E-state index < -0.39 is 0 Å². The van der Waals surface area contributed by atoms with Crippen molar-refractivity contribution in [3.05, 3.63) is 158 Å². The van der Waals surface area contributed by atoms with Gasteiger partial charge in [0.1, 0.15) is 11.2 Å². The summed E-state index contributed by atoms with van der Waals surface area (Å²) in [4.78, 5) is 0. The molecule has 3 aromatic heterocycles. The second-order valence-corrected chi connectivity index (χ2v) is 11.8. The van der Waals surface area contributed by atoms with Crippen LogP contribution in [-0.4, -0.2) is 9.13 Å². The summed E-state index contributed by atoms with van der Waals surface area (Å²) in [6.45, 7) is 0. The predicted octanol–water partition coefficient (Wildman–Crippen LogP) is 11.4. The average Bonchev–Trinajstić information content (AvgIpc) is 3.76. The SMILES string of the molecule is c1cc(-c2cccc3c2oc2ccccc23)cc(-n2c3ccccc3c3cc(-n4c5ccccc5c5ccccc54)ccc32)c1. The molecule has 0 aliphatic heterocycles. The summed E-state index contributed by atoms with van der Waals surface area (Å²) in [6.07, 6.45) is 0. The van der Waals surface area contributed by atoms with Crippen LogP contribution in [0.1, 0.15) is 0 Å². The van der Waals surface area contributed by atoms with Crippen molar-refractivity contribution in [3.63, 3.8) is 0 Å². The number of nitrogens with zero attached hydrogens (tertiary/aromatic N) is 2. The number of benzene rings is 7. The van der Waals surface area contributed by atoms with Crippen molar-refractivity contribution in [3.8, 4) is 22.5 Å². The molecule has 3 heteroatoms. The van der Waals surface area contributed by atoms with Gasteiger partial charge in [-0.25, -0.2) is 0 Å². The highest BCUT2D eigenvalue weighted by atomic mass is 16.3. The maximum absolute atomic E-state index is 6.41. The second kappa shape index (κ2) is 9.22. The molecule has 0 saturated heterocycles. The Balaban J connectivity index is 1.20. The summed E-state index contributed by atoms with van der Waals surface area (Å²) < 4.78 is 11.2. The Hall–Kier alpha value is -6.06. The van der Waals surface area contributed by atoms with E-state index in [1.165, 1.54) is 43.6 Å². The van der Waals surface area contributed by atoms with Gasteiger partial charge in [-0.05, 0) is 60.2 Å². The third-order valence-corrected chi connectivity index (χ3v) is 9.31. The first-order valence-corrected chi connectivity index (χ1v) is 15.4. The third-order valence-electron chi connectivity index (χ3n) is 9.31. The molecule has 3 nitrogen and oxygen atoms in total. The van der Waals surface area contributed by atoms with Crippen LogP contribution in [0.4, 0.5) is 0 Å². The lowest BCUT2D eigenvalue weighted by Crippen LogP contribution is -1.96. The quantitative estimate of drug-likeness (QED) is 0.206. The lowest BCUT2D eigenvalue weighted by molar-refractivity contribution is 0.670. The molecule has 0 radical (unpaired) electrons. The van der Waals surface area contributed by atoms with Gasteiger partial charge in [0.05, 0.1) is 22.1 Å². The average molecular weight is 575 g/mol. The molecule has 0 bridgehead atoms. The van der Waals surface area contributed by atoms with Crippen LogP contribution < -0.4 is 0 Å². The molecule has 7 aromatic carbocycles. The summed E-state index contributed by atoms with van der Waals surface area (Å²) in [6, 6.07) is 56.5. The number of rotatable bonds is 3. The minimum absolute atomic E-state index is 0.914. The Bertz CT molecular complexity index is 2720. The maximum Gasteiger partial charge on any atom is 0.143 e. The second-order valence-electron chi connectivity index (χ2n) is 11.8. The Kier molecular flexibility index (Phi) is 5.00. The van der Waals surface area contributed by atoms with Gasteiger partial charge in [0, 0.05) is 49.3 Å². The van der Waals surface area contributed by atoms with E-state index >= 15 is 0 Å². The van der Waals surface area contributed by atoms with Crippen LogP contribution in [0.3, 0.4) is 0 Å². The number of hydrogen-bond acceptors (Lipinski definition) is 1. The largest absolute Gasteiger partial charge is 0.455 e. The molecule has 0 amide bonds. The molecule has 0 spiro atoms. The maximum atomic E-state index is 6.41. The standard InChI is InChI=1S/C42H26N2O/c1-5-19-37-31(13-1)32-14-2-6-20-38(32)44(37)29-23-24-40-36(26-29)33-15-3-7-21-39(33)43(40)28-12-9-11-27(25-28)30-17-10-18-35-34-16-4-8-22-41(34)45-42(30)35/h1-26H. The molecule has 0 saturated carbocycles. The van der Waals surface area contributed by atoms with E-state index in [1.54, 1.807) is 0 Å². The summed E-state index contributed by atoms with van der Waals surface area (Å²) in [5, 5.41) is 7.29. The van der Waals surface area contributed by atoms with Gasteiger partial charge in [-0.2, -0.15) is 0 Å². The molecule has 0 N–H and O–H groups in total. The number of para-hydroxylation sites is 5. The van der Waals surface area contributed by atoms with Gasteiger partial charge >= 0.3 is 0 Å². The van der Waals surface area contributed by atoms with Crippen LogP contribution in [0.2, 0.25) is 0 Å². The minimum Gasteiger partial charge on any atom is -0.455 e. The number of hydrogen-bond donors (Lipinski definition) is 0. The number of fused-ring (bicyclic) bond motifs is 9. The van der Waals surface area contributed by atoms with Gasteiger partial charge in [-0.15, -0.1) is 0 Å². The molecule has 10 rings (SSSR count). The van der Waals surface area contributed by atoms with Crippen LogP contribution in [0, 0.1) is 0 Å². The van der Waals surface area contributed by atoms with Crippen LogP contribution in [-0.2, 0) is 0 Å². The molecule has 10 aromatic rings. The van der Waals surface area contributed by atoms with Gasteiger partial charge in [-0.1, -0.05) is 103 Å². The minimum atomic E-state index is 0.914. The Morgan fingerprint density at radius 2 is 0.889 bits per heavy atom. The van der Waals surface area contributed by atoms with Crippen molar-refractivity contribution in [1.82, 2.24) is 9.13 Å². The zero-order valence-electron chi connectivity index (χ0n) is 24.3. The van der Waals surface area contributed by atoms with Gasteiger partial charge in [0.15, 0.2) is 0 Å². The highest BCUT2D eigenvalue weighted by Crippen LogP contribution is 2.39. The molecule has 210 valence electrons. The summed E-state index contributed by atoms with van der Waals surface area (Å²) in [5.41, 5.74) is 11.1. The molecule has 3 heterocycles. The Morgan fingerprint density at radius 3 is 1.60 bits per heavy atom. The highest BCUT2D eigenvalue weighted by Gasteiger charge is 2.17. The van der Waals surface area contributed by atoms with E-state index in [0.29, 0.717) is 0 Å². The number of furan rings is 1. The van der Waals surface area contributed by atoms with Gasteiger partial charge in [-0.3, -0.25) is 0 Å². The van der Waals surface area contributed by atoms with Crippen molar-refractivity contribution >= 4 is 65.6 Å². The fraction of sp³-hybridized carbons (Fsp3) is 0. The first-order valence-electron chi connectivity index (χ1n) is 15.4. The fourth-order valence-corrected chi connectivity index (χ4v) is 7.37. The molecular formula is C42H26N2O. The van der Waals surface area contributed by atoms with Crippen LogP contribution in [0.15, 0.2) is 162 Å². The van der Waals surface area contributed by atoms with E-state index in [9.17, 15) is 0 Å². The molecular weight excluding hydrogens is 548 g/mol. The van der Waals surface area contributed by atoms with Crippen LogP contribution in [0.5, 0.6) is 0 Å². The lowest BCUT2D eigenvalue weighted by atomic mass is 10.0. The van der Waals surface area contributed by atoms with E-state index in [2.05, 4.69) is 155 Å². The first kappa shape index (κ1) is 24.4. The first-order chi connectivity index (χ1) is 22.3. The molecule has 45 heavy (non-hydrogen) atoms. The fourth-order valence-electron chi connectivity index (χ4n) is 7.37. The molecule has 0 unspecified atom stereocenters. The Labute approximate surface area is 258 Å². The van der Waals surface area contributed by atoms with Crippen LogP contribution >= 0.6 is 0 Å². The van der Waals surface area contributed by atoms with E-state index in [-0.39, 0.29) is 0 Å². The summed E-state index contributed by atoms with van der Waals surface area (Å²) >= 11 is 0. The molecule has 0 atom stereocenters. The van der Waals surface area contributed by atoms with Gasteiger partial charge < -0.3 is 13.6 Å². The highest BCUT2D eigenvalue weighted by molar-refractivity contribution is 6.13. The summed E-state index contributed by atoms with van der Waals surface area (Å²) in [7, 11) is 0. The zero-order valence-corrected chi connectivity index (χ0v) is 24.3. The van der Waals surface area contributed by atoms with E-state index in [1.807, 2.05) is 12.1 Å². The lowest BCUT2D eigenvalue weighted by Gasteiger charge is -2.12. The molecule has 0 fully saturated rings. The third kappa shape index (κ3) is 3.46. The van der Waals surface area contributed by atoms with E-state index in [4.69, 9.17) is 4.42 Å². The van der Waals surface area contributed by atoms with Crippen molar-refractivity contribution in [2.45, 2.75) is 0 Å². The van der Waals surface area contributed by atoms with Crippen molar-refractivity contribution in [1.29, 1.82) is 0 Å². The summed E-state index contributed by atoms with van der Waals surface area (Å²) in [5.74, 6) is 0. The normalized spacial score (nSPS) is 12.0. The molecule has 0 aliphatic rings. The number of aromatic nitrogens is 2. The van der Waals surface area contributed by atoms with Gasteiger partial charge in [0.25, 0.3) is 0 Å². The van der Waals surface area contributed by atoms with Crippen molar-refractivity contribution in [2.75, 3.05) is 0 Å². The Morgan fingerprint density at radius 1 is 0.356 bits per heavy atom. The van der Waals surface area contributed by atoms with Crippen molar-refractivity contribution in [2.24, 2.45) is 0 Å². The zero-order chi connectivity index (χ0) is 29.5. The predicted molar refractivity (Wildman–Crippen MR) is 188 cm³/mol.